The largest absolute Gasteiger partial charge is 0.324 e. The van der Waals surface area contributed by atoms with Crippen LogP contribution in [0, 0.1) is 12.7 Å². The molecule has 2 aromatic rings. The van der Waals surface area contributed by atoms with Gasteiger partial charge in [0.2, 0.25) is 5.91 Å². The van der Waals surface area contributed by atoms with E-state index < -0.39 is 0 Å². The first kappa shape index (κ1) is 18.6. The SMILES string of the molecule is Cc1cc(F)c(NC(=O)CCCc2ccccc2)cc1C1CCNCC1. The average molecular weight is 354 g/mol. The number of halogens is 1. The van der Waals surface area contributed by atoms with Gasteiger partial charge in [0.15, 0.2) is 0 Å². The minimum absolute atomic E-state index is 0.125. The van der Waals surface area contributed by atoms with Crippen molar-refractivity contribution in [3.8, 4) is 0 Å². The van der Waals surface area contributed by atoms with E-state index in [9.17, 15) is 9.18 Å². The van der Waals surface area contributed by atoms with Crippen molar-refractivity contribution in [3.05, 3.63) is 65.0 Å². The van der Waals surface area contributed by atoms with Gasteiger partial charge in [0, 0.05) is 6.42 Å². The van der Waals surface area contributed by atoms with Crippen molar-refractivity contribution < 1.29 is 9.18 Å². The number of benzene rings is 2. The van der Waals surface area contributed by atoms with Crippen molar-refractivity contribution in [2.45, 2.75) is 44.9 Å². The predicted octanol–water partition coefficient (Wildman–Crippen LogP) is 4.56. The fourth-order valence-electron chi connectivity index (χ4n) is 3.67. The molecular formula is C22H27FN2O. The van der Waals surface area contributed by atoms with Crippen LogP contribution in [0.25, 0.3) is 0 Å². The van der Waals surface area contributed by atoms with Crippen LogP contribution < -0.4 is 10.6 Å². The third-order valence-corrected chi connectivity index (χ3v) is 5.12. The van der Waals surface area contributed by atoms with Crippen molar-refractivity contribution in [2.75, 3.05) is 18.4 Å². The second-order valence-electron chi connectivity index (χ2n) is 7.10. The summed E-state index contributed by atoms with van der Waals surface area (Å²) in [6.07, 6.45) is 4.11. The van der Waals surface area contributed by atoms with Crippen LogP contribution in [0.4, 0.5) is 10.1 Å². The lowest BCUT2D eigenvalue weighted by Crippen LogP contribution is -2.27. The Kier molecular flexibility index (Phi) is 6.40. The lowest BCUT2D eigenvalue weighted by molar-refractivity contribution is -0.116. The zero-order valence-electron chi connectivity index (χ0n) is 15.4. The third-order valence-electron chi connectivity index (χ3n) is 5.12. The molecule has 0 radical (unpaired) electrons. The fraction of sp³-hybridized carbons (Fsp3) is 0.409. The first-order valence-corrected chi connectivity index (χ1v) is 9.48. The maximum atomic E-state index is 14.3. The second-order valence-corrected chi connectivity index (χ2v) is 7.10. The van der Waals surface area contributed by atoms with Gasteiger partial charge in [0.1, 0.15) is 5.82 Å². The highest BCUT2D eigenvalue weighted by Gasteiger charge is 2.19. The molecule has 1 amide bonds. The summed E-state index contributed by atoms with van der Waals surface area (Å²) in [6, 6.07) is 13.5. The van der Waals surface area contributed by atoms with Crippen LogP contribution in [-0.2, 0) is 11.2 Å². The lowest BCUT2D eigenvalue weighted by atomic mass is 9.87. The Morgan fingerprint density at radius 3 is 2.65 bits per heavy atom. The minimum Gasteiger partial charge on any atom is -0.324 e. The smallest absolute Gasteiger partial charge is 0.224 e. The summed E-state index contributed by atoms with van der Waals surface area (Å²) in [6.45, 7) is 3.93. The number of hydrogen-bond acceptors (Lipinski definition) is 2. The van der Waals surface area contributed by atoms with Gasteiger partial charge >= 0.3 is 0 Å². The molecule has 0 unspecified atom stereocenters. The van der Waals surface area contributed by atoms with Gasteiger partial charge in [-0.3, -0.25) is 4.79 Å². The quantitative estimate of drug-likeness (QED) is 0.798. The molecule has 1 heterocycles. The summed E-state index contributed by atoms with van der Waals surface area (Å²) in [7, 11) is 0. The first-order chi connectivity index (χ1) is 12.6. The van der Waals surface area contributed by atoms with Gasteiger partial charge in [-0.25, -0.2) is 4.39 Å². The number of nitrogens with one attached hydrogen (secondary N) is 2. The number of carbonyl (C=O) groups excluding carboxylic acids is 1. The molecule has 0 spiro atoms. The molecule has 0 aromatic heterocycles. The summed E-state index contributed by atoms with van der Waals surface area (Å²) in [5.41, 5.74) is 3.66. The number of amides is 1. The molecule has 3 nitrogen and oxygen atoms in total. The Morgan fingerprint density at radius 2 is 1.92 bits per heavy atom. The highest BCUT2D eigenvalue weighted by molar-refractivity contribution is 5.91. The summed E-state index contributed by atoms with van der Waals surface area (Å²) in [5.74, 6) is -0.0397. The molecule has 3 rings (SSSR count). The maximum absolute atomic E-state index is 14.3. The van der Waals surface area contributed by atoms with Crippen molar-refractivity contribution in [1.29, 1.82) is 0 Å². The standard InChI is InChI=1S/C22H27FN2O/c1-16-14-20(23)21(15-19(16)18-10-12-24-13-11-18)25-22(26)9-5-8-17-6-3-2-4-7-17/h2-4,6-7,14-15,18,24H,5,8-13H2,1H3,(H,25,26). The van der Waals surface area contributed by atoms with Gasteiger partial charge < -0.3 is 10.6 Å². The Hall–Kier alpha value is -2.20. The second kappa shape index (κ2) is 8.95. The molecule has 138 valence electrons. The molecule has 0 bridgehead atoms. The van der Waals surface area contributed by atoms with Crippen LogP contribution in [-0.4, -0.2) is 19.0 Å². The van der Waals surface area contributed by atoms with Crippen LogP contribution in [0.3, 0.4) is 0 Å². The van der Waals surface area contributed by atoms with Crippen LogP contribution in [0.2, 0.25) is 0 Å². The highest BCUT2D eigenvalue weighted by Crippen LogP contribution is 2.31. The van der Waals surface area contributed by atoms with E-state index >= 15 is 0 Å². The number of carbonyl (C=O) groups is 1. The van der Waals surface area contributed by atoms with Crippen molar-refractivity contribution in [2.24, 2.45) is 0 Å². The Morgan fingerprint density at radius 1 is 1.19 bits per heavy atom. The molecular weight excluding hydrogens is 327 g/mol. The average Bonchev–Trinajstić information content (AvgIpc) is 2.65. The Balaban J connectivity index is 1.60. The maximum Gasteiger partial charge on any atom is 0.224 e. The number of aryl methyl sites for hydroxylation is 2. The van der Waals surface area contributed by atoms with Gasteiger partial charge in [-0.05, 0) is 80.4 Å². The molecule has 0 atom stereocenters. The number of anilines is 1. The van der Waals surface area contributed by atoms with Gasteiger partial charge in [-0.1, -0.05) is 30.3 Å². The number of rotatable bonds is 6. The number of hydrogen-bond donors (Lipinski definition) is 2. The molecule has 2 N–H and O–H groups in total. The van der Waals surface area contributed by atoms with E-state index in [0.717, 1.165) is 49.9 Å². The minimum atomic E-state index is -0.350. The van der Waals surface area contributed by atoms with Gasteiger partial charge in [-0.15, -0.1) is 0 Å². The van der Waals surface area contributed by atoms with E-state index in [2.05, 4.69) is 22.8 Å². The summed E-state index contributed by atoms with van der Waals surface area (Å²) in [4.78, 5) is 12.2. The molecule has 4 heteroatoms. The normalized spacial score (nSPS) is 15.0. The predicted molar refractivity (Wildman–Crippen MR) is 104 cm³/mol. The van der Waals surface area contributed by atoms with E-state index in [1.54, 1.807) is 6.07 Å². The Bertz CT molecular complexity index is 739. The van der Waals surface area contributed by atoms with Crippen molar-refractivity contribution >= 4 is 11.6 Å². The van der Waals surface area contributed by atoms with Gasteiger partial charge in [0.05, 0.1) is 5.69 Å². The molecule has 1 aliphatic heterocycles. The summed E-state index contributed by atoms with van der Waals surface area (Å²) >= 11 is 0. The molecule has 1 fully saturated rings. The molecule has 0 aliphatic carbocycles. The van der Waals surface area contributed by atoms with Crippen LogP contribution in [0.5, 0.6) is 0 Å². The van der Waals surface area contributed by atoms with Crippen LogP contribution in [0.15, 0.2) is 42.5 Å². The summed E-state index contributed by atoms with van der Waals surface area (Å²) in [5, 5.41) is 6.13. The van der Waals surface area contributed by atoms with E-state index in [1.165, 1.54) is 5.56 Å². The van der Waals surface area contributed by atoms with Gasteiger partial charge in [-0.2, -0.15) is 0 Å². The molecule has 1 aliphatic rings. The van der Waals surface area contributed by atoms with Crippen LogP contribution in [0.1, 0.15) is 48.3 Å². The van der Waals surface area contributed by atoms with E-state index in [4.69, 9.17) is 0 Å². The van der Waals surface area contributed by atoms with E-state index in [1.807, 2.05) is 31.2 Å². The first-order valence-electron chi connectivity index (χ1n) is 9.48. The highest BCUT2D eigenvalue weighted by atomic mass is 19.1. The third kappa shape index (κ3) is 4.92. The molecule has 0 saturated carbocycles. The Labute approximate surface area is 155 Å². The van der Waals surface area contributed by atoms with Crippen LogP contribution >= 0.6 is 0 Å². The zero-order chi connectivity index (χ0) is 18.4. The van der Waals surface area contributed by atoms with E-state index in [-0.39, 0.29) is 11.7 Å². The van der Waals surface area contributed by atoms with Gasteiger partial charge in [0.25, 0.3) is 0 Å². The molecule has 2 aromatic carbocycles. The van der Waals surface area contributed by atoms with Crippen molar-refractivity contribution in [1.82, 2.24) is 5.32 Å². The topological polar surface area (TPSA) is 41.1 Å². The monoisotopic (exact) mass is 354 g/mol. The lowest BCUT2D eigenvalue weighted by Gasteiger charge is -2.25. The molecule has 26 heavy (non-hydrogen) atoms. The van der Waals surface area contributed by atoms with E-state index in [0.29, 0.717) is 18.0 Å². The number of piperidine rings is 1. The summed E-state index contributed by atoms with van der Waals surface area (Å²) < 4.78 is 14.3. The zero-order valence-corrected chi connectivity index (χ0v) is 15.4. The van der Waals surface area contributed by atoms with Crippen molar-refractivity contribution in [3.63, 3.8) is 0 Å². The molecule has 1 saturated heterocycles. The fourth-order valence-corrected chi connectivity index (χ4v) is 3.67.